The highest BCUT2D eigenvalue weighted by atomic mass is 32.2. The molecule has 1 aromatic carbocycles. The lowest BCUT2D eigenvalue weighted by Gasteiger charge is -2.34. The molecule has 1 heterocycles. The maximum atomic E-state index is 12.3. The van der Waals surface area contributed by atoms with E-state index in [2.05, 4.69) is 60.2 Å². The Balaban J connectivity index is 1.83. The van der Waals surface area contributed by atoms with Crippen LogP contribution in [0.2, 0.25) is 0 Å². The zero-order valence-electron chi connectivity index (χ0n) is 15.3. The highest BCUT2D eigenvalue weighted by Gasteiger charge is 2.24. The molecule has 24 heavy (non-hydrogen) atoms. The van der Waals surface area contributed by atoms with Crippen molar-refractivity contribution in [3.05, 3.63) is 24.3 Å². The molecule has 1 aromatic rings. The van der Waals surface area contributed by atoms with Crippen molar-refractivity contribution in [2.75, 3.05) is 44.2 Å². The van der Waals surface area contributed by atoms with Gasteiger partial charge in [-0.25, -0.2) is 0 Å². The topological polar surface area (TPSA) is 35.6 Å². The molecule has 1 amide bonds. The van der Waals surface area contributed by atoms with Crippen molar-refractivity contribution in [3.63, 3.8) is 0 Å². The Morgan fingerprint density at radius 1 is 1.29 bits per heavy atom. The van der Waals surface area contributed by atoms with Crippen LogP contribution < -0.4 is 10.2 Å². The number of carbonyl (C=O) groups is 1. The summed E-state index contributed by atoms with van der Waals surface area (Å²) in [7, 11) is 0. The number of benzene rings is 1. The number of thioether (sulfide) groups is 1. The number of fused-ring (bicyclic) bond motifs is 1. The van der Waals surface area contributed by atoms with Crippen molar-refractivity contribution in [2.24, 2.45) is 0 Å². The van der Waals surface area contributed by atoms with Gasteiger partial charge in [0, 0.05) is 23.2 Å². The van der Waals surface area contributed by atoms with E-state index >= 15 is 0 Å². The smallest absolute Gasteiger partial charge is 0.239 e. The van der Waals surface area contributed by atoms with Crippen LogP contribution in [0.1, 0.15) is 33.6 Å². The van der Waals surface area contributed by atoms with E-state index in [-0.39, 0.29) is 5.91 Å². The van der Waals surface area contributed by atoms with Crippen LogP contribution in [0.15, 0.2) is 29.2 Å². The highest BCUT2D eigenvalue weighted by molar-refractivity contribution is 8.00. The molecule has 0 radical (unpaired) electrons. The summed E-state index contributed by atoms with van der Waals surface area (Å²) in [6.07, 6.45) is 2.14. The van der Waals surface area contributed by atoms with Gasteiger partial charge >= 0.3 is 0 Å². The largest absolute Gasteiger partial charge is 0.360 e. The summed E-state index contributed by atoms with van der Waals surface area (Å²) in [5.41, 5.74) is 1.20. The predicted octanol–water partition coefficient (Wildman–Crippen LogP) is 3.23. The Bertz CT molecular complexity index is 519. The second-order valence-electron chi connectivity index (χ2n) is 6.23. The average Bonchev–Trinajstić information content (AvgIpc) is 2.61. The molecule has 1 atom stereocenters. The minimum absolute atomic E-state index is 0.131. The number of nitrogens with zero attached hydrogens (tertiary/aromatic N) is 2. The van der Waals surface area contributed by atoms with Crippen molar-refractivity contribution < 1.29 is 4.79 Å². The van der Waals surface area contributed by atoms with Crippen molar-refractivity contribution >= 4 is 23.4 Å². The van der Waals surface area contributed by atoms with Crippen LogP contribution in [0.3, 0.4) is 0 Å². The number of nitrogens with one attached hydrogen (secondary N) is 1. The maximum Gasteiger partial charge on any atom is 0.239 e. The van der Waals surface area contributed by atoms with Gasteiger partial charge in [0.2, 0.25) is 5.91 Å². The Morgan fingerprint density at radius 2 is 2.04 bits per heavy atom. The van der Waals surface area contributed by atoms with Gasteiger partial charge in [-0.1, -0.05) is 32.9 Å². The summed E-state index contributed by atoms with van der Waals surface area (Å²) >= 11 is 1.94. The summed E-state index contributed by atoms with van der Waals surface area (Å²) in [6, 6.07) is 8.43. The van der Waals surface area contributed by atoms with Crippen LogP contribution in [0.25, 0.3) is 0 Å². The van der Waals surface area contributed by atoms with Crippen LogP contribution in [0.4, 0.5) is 5.69 Å². The standard InChI is InChI=1S/C19H31N3OS/c1-4-16-14-22(17-10-7-8-11-18(17)24-16)15-19(23)20-12-9-13-21(5-2)6-3/h7-8,10-11,16H,4-6,9,12-15H2,1-3H3,(H,20,23)/t16-/m1/s1. The van der Waals surface area contributed by atoms with Crippen molar-refractivity contribution in [1.82, 2.24) is 10.2 Å². The van der Waals surface area contributed by atoms with Gasteiger partial charge in [0.05, 0.1) is 12.2 Å². The van der Waals surface area contributed by atoms with Crippen LogP contribution in [-0.2, 0) is 4.79 Å². The molecule has 0 unspecified atom stereocenters. The number of para-hydroxylation sites is 1. The van der Waals surface area contributed by atoms with Crippen molar-refractivity contribution in [2.45, 2.75) is 43.8 Å². The molecule has 4 nitrogen and oxygen atoms in total. The Kier molecular flexibility index (Phi) is 7.92. The molecular weight excluding hydrogens is 318 g/mol. The Hall–Kier alpha value is -1.20. The monoisotopic (exact) mass is 349 g/mol. The first-order chi connectivity index (χ1) is 11.7. The van der Waals surface area contributed by atoms with Gasteiger partial charge in [0.1, 0.15) is 0 Å². The fourth-order valence-electron chi connectivity index (χ4n) is 3.04. The van der Waals surface area contributed by atoms with E-state index in [1.54, 1.807) is 0 Å². The molecule has 0 saturated carbocycles. The third-order valence-electron chi connectivity index (χ3n) is 4.58. The molecule has 5 heteroatoms. The minimum Gasteiger partial charge on any atom is -0.360 e. The summed E-state index contributed by atoms with van der Waals surface area (Å²) in [5.74, 6) is 0.131. The zero-order valence-corrected chi connectivity index (χ0v) is 16.1. The number of rotatable bonds is 9. The second kappa shape index (κ2) is 9.94. The van der Waals surface area contributed by atoms with Gasteiger partial charge < -0.3 is 15.1 Å². The molecule has 0 bridgehead atoms. The lowest BCUT2D eigenvalue weighted by Crippen LogP contribution is -2.42. The normalized spacial score (nSPS) is 17.0. The van der Waals surface area contributed by atoms with Crippen molar-refractivity contribution in [3.8, 4) is 0 Å². The molecular formula is C19H31N3OS. The summed E-state index contributed by atoms with van der Waals surface area (Å²) in [6.45, 7) is 11.9. The highest BCUT2D eigenvalue weighted by Crippen LogP contribution is 2.39. The number of hydrogen-bond acceptors (Lipinski definition) is 4. The van der Waals surface area contributed by atoms with Crippen LogP contribution in [-0.4, -0.2) is 55.3 Å². The lowest BCUT2D eigenvalue weighted by atomic mass is 10.2. The van der Waals surface area contributed by atoms with Crippen LogP contribution in [0.5, 0.6) is 0 Å². The quantitative estimate of drug-likeness (QED) is 0.694. The van der Waals surface area contributed by atoms with Gasteiger partial charge in [-0.2, -0.15) is 0 Å². The molecule has 2 rings (SSSR count). The third-order valence-corrected chi connectivity index (χ3v) is 6.00. The maximum absolute atomic E-state index is 12.3. The SMILES string of the molecule is CC[C@@H]1CN(CC(=O)NCCCN(CC)CC)c2ccccc2S1. The van der Waals surface area contributed by atoms with E-state index in [0.717, 1.165) is 45.6 Å². The molecule has 0 saturated heterocycles. The molecule has 134 valence electrons. The van der Waals surface area contributed by atoms with Gasteiger partial charge in [0.25, 0.3) is 0 Å². The van der Waals surface area contributed by atoms with Crippen LogP contribution >= 0.6 is 11.8 Å². The van der Waals surface area contributed by atoms with E-state index in [0.29, 0.717) is 11.8 Å². The molecule has 0 aliphatic carbocycles. The lowest BCUT2D eigenvalue weighted by molar-refractivity contribution is -0.119. The summed E-state index contributed by atoms with van der Waals surface area (Å²) < 4.78 is 0. The van der Waals surface area contributed by atoms with Gasteiger partial charge in [0.15, 0.2) is 0 Å². The molecule has 0 spiro atoms. The predicted molar refractivity (Wildman–Crippen MR) is 104 cm³/mol. The Labute approximate surface area is 151 Å². The summed E-state index contributed by atoms with van der Waals surface area (Å²) in [5, 5.41) is 3.65. The van der Waals surface area contributed by atoms with E-state index in [1.165, 1.54) is 10.6 Å². The first kappa shape index (κ1) is 19.1. The zero-order chi connectivity index (χ0) is 17.4. The number of anilines is 1. The first-order valence-electron chi connectivity index (χ1n) is 9.17. The molecule has 1 aliphatic rings. The number of hydrogen-bond donors (Lipinski definition) is 1. The fraction of sp³-hybridized carbons (Fsp3) is 0.632. The van der Waals surface area contributed by atoms with Gasteiger partial charge in [-0.15, -0.1) is 11.8 Å². The number of amides is 1. The molecule has 0 fully saturated rings. The molecule has 0 aromatic heterocycles. The van der Waals surface area contributed by atoms with Gasteiger partial charge in [-0.3, -0.25) is 4.79 Å². The fourth-order valence-corrected chi connectivity index (χ4v) is 4.30. The third kappa shape index (κ3) is 5.42. The van der Waals surface area contributed by atoms with Crippen molar-refractivity contribution in [1.29, 1.82) is 0 Å². The first-order valence-corrected chi connectivity index (χ1v) is 10.1. The second-order valence-corrected chi connectivity index (χ2v) is 7.57. The minimum atomic E-state index is 0.131. The van der Waals surface area contributed by atoms with Crippen LogP contribution in [0, 0.1) is 0 Å². The Morgan fingerprint density at radius 3 is 2.75 bits per heavy atom. The van der Waals surface area contributed by atoms with E-state index in [1.807, 2.05) is 11.8 Å². The molecule has 1 N–H and O–H groups in total. The van der Waals surface area contributed by atoms with E-state index < -0.39 is 0 Å². The summed E-state index contributed by atoms with van der Waals surface area (Å²) in [4.78, 5) is 18.2. The number of carbonyl (C=O) groups excluding carboxylic acids is 1. The van der Waals surface area contributed by atoms with Gasteiger partial charge in [-0.05, 0) is 44.6 Å². The van der Waals surface area contributed by atoms with E-state index in [9.17, 15) is 4.79 Å². The average molecular weight is 350 g/mol. The van der Waals surface area contributed by atoms with E-state index in [4.69, 9.17) is 0 Å². The molecule has 1 aliphatic heterocycles.